The van der Waals surface area contributed by atoms with E-state index in [1.54, 1.807) is 14.0 Å². The number of nitrogens with zero attached hydrogens (tertiary/aromatic N) is 1. The Labute approximate surface area is 74.2 Å². The van der Waals surface area contributed by atoms with E-state index in [9.17, 15) is 8.42 Å². The van der Waals surface area contributed by atoms with Crippen molar-refractivity contribution in [3.05, 3.63) is 0 Å². The number of hydrogen-bond acceptors (Lipinski definition) is 3. The summed E-state index contributed by atoms with van der Waals surface area (Å²) in [7, 11) is -1.50. The molecule has 12 heavy (non-hydrogen) atoms. The topological polar surface area (TPSA) is 57.6 Å². The molecule has 0 aromatic heterocycles. The third kappa shape index (κ3) is 4.04. The van der Waals surface area contributed by atoms with Crippen LogP contribution >= 0.6 is 0 Å². The van der Waals surface area contributed by atoms with Gasteiger partial charge >= 0.3 is 0 Å². The van der Waals surface area contributed by atoms with E-state index >= 15 is 0 Å². The van der Waals surface area contributed by atoms with Gasteiger partial charge in [-0.25, -0.2) is 12.7 Å². The van der Waals surface area contributed by atoms with Gasteiger partial charge in [-0.2, -0.15) is 0 Å². The van der Waals surface area contributed by atoms with E-state index in [-0.39, 0.29) is 12.4 Å². The molecule has 0 fully saturated rings. The van der Waals surface area contributed by atoms with Crippen molar-refractivity contribution in [2.24, 2.45) is 0 Å². The van der Waals surface area contributed by atoms with Gasteiger partial charge in [0.15, 0.2) is 0 Å². The van der Waals surface area contributed by atoms with Gasteiger partial charge in [-0.3, -0.25) is 0 Å². The Hall–Kier alpha value is -0.130. The highest BCUT2D eigenvalue weighted by Gasteiger charge is 2.14. The van der Waals surface area contributed by atoms with Gasteiger partial charge in [0.2, 0.25) is 10.0 Å². The summed E-state index contributed by atoms with van der Waals surface area (Å²) in [5.41, 5.74) is 0. The minimum atomic E-state index is -3.06. The van der Waals surface area contributed by atoms with Gasteiger partial charge in [0, 0.05) is 20.2 Å². The SMILES string of the molecule is CCN(C)S(=O)(=O)CCCCO. The fraction of sp³-hybridized carbons (Fsp3) is 1.00. The molecule has 0 saturated heterocycles. The predicted molar refractivity (Wildman–Crippen MR) is 48.4 cm³/mol. The Bertz CT molecular complexity index is 201. The van der Waals surface area contributed by atoms with E-state index in [1.807, 2.05) is 0 Å². The van der Waals surface area contributed by atoms with Crippen LogP contribution in [0.15, 0.2) is 0 Å². The van der Waals surface area contributed by atoms with Gasteiger partial charge < -0.3 is 5.11 Å². The lowest BCUT2D eigenvalue weighted by atomic mass is 10.4. The van der Waals surface area contributed by atoms with Gasteiger partial charge in [-0.05, 0) is 12.8 Å². The van der Waals surface area contributed by atoms with Crippen molar-refractivity contribution >= 4 is 10.0 Å². The summed E-state index contributed by atoms with van der Waals surface area (Å²) in [6, 6.07) is 0. The van der Waals surface area contributed by atoms with Crippen molar-refractivity contribution in [1.82, 2.24) is 4.31 Å². The molecule has 74 valence electrons. The summed E-state index contributed by atoms with van der Waals surface area (Å²) in [6.45, 7) is 2.36. The van der Waals surface area contributed by atoms with Gasteiger partial charge in [0.25, 0.3) is 0 Å². The average molecular weight is 195 g/mol. The highest BCUT2D eigenvalue weighted by atomic mass is 32.2. The molecule has 0 rings (SSSR count). The number of aliphatic hydroxyl groups excluding tert-OH is 1. The van der Waals surface area contributed by atoms with Crippen molar-refractivity contribution in [2.75, 3.05) is 26.0 Å². The zero-order valence-electron chi connectivity index (χ0n) is 7.65. The van der Waals surface area contributed by atoms with E-state index < -0.39 is 10.0 Å². The lowest BCUT2D eigenvalue weighted by molar-refractivity contribution is 0.287. The molecule has 1 N–H and O–H groups in total. The monoisotopic (exact) mass is 195 g/mol. The second-order valence-corrected chi connectivity index (χ2v) is 4.86. The molecule has 0 aromatic rings. The average Bonchev–Trinajstić information content (AvgIpc) is 2.03. The Morgan fingerprint density at radius 2 is 1.92 bits per heavy atom. The number of unbranched alkanes of at least 4 members (excludes halogenated alkanes) is 1. The van der Waals surface area contributed by atoms with Crippen LogP contribution in [0.25, 0.3) is 0 Å². The number of aliphatic hydroxyl groups is 1. The standard InChI is InChI=1S/C7H17NO3S/c1-3-8(2)12(10,11)7-5-4-6-9/h9H,3-7H2,1-2H3. The summed E-state index contributed by atoms with van der Waals surface area (Å²) in [4.78, 5) is 0. The van der Waals surface area contributed by atoms with Crippen LogP contribution in [-0.4, -0.2) is 43.8 Å². The van der Waals surface area contributed by atoms with Gasteiger partial charge in [0.05, 0.1) is 5.75 Å². The number of hydrogen-bond donors (Lipinski definition) is 1. The van der Waals surface area contributed by atoms with E-state index in [0.29, 0.717) is 19.4 Å². The van der Waals surface area contributed by atoms with Crippen LogP contribution in [0.3, 0.4) is 0 Å². The maximum atomic E-state index is 11.3. The fourth-order valence-corrected chi connectivity index (χ4v) is 2.02. The van der Waals surface area contributed by atoms with E-state index in [1.165, 1.54) is 4.31 Å². The molecule has 5 heteroatoms. The lowest BCUT2D eigenvalue weighted by Crippen LogP contribution is -2.28. The third-order valence-corrected chi connectivity index (χ3v) is 3.74. The van der Waals surface area contributed by atoms with Crippen molar-refractivity contribution in [3.63, 3.8) is 0 Å². The molecule has 0 aliphatic heterocycles. The smallest absolute Gasteiger partial charge is 0.213 e. The molecule has 0 aliphatic carbocycles. The van der Waals surface area contributed by atoms with Crippen LogP contribution < -0.4 is 0 Å². The minimum absolute atomic E-state index is 0.0609. The second kappa shape index (κ2) is 5.50. The first kappa shape index (κ1) is 11.9. The molecule has 0 amide bonds. The summed E-state index contributed by atoms with van der Waals surface area (Å²) >= 11 is 0. The number of sulfonamides is 1. The van der Waals surface area contributed by atoms with Crippen LogP contribution in [0.1, 0.15) is 19.8 Å². The quantitative estimate of drug-likeness (QED) is 0.609. The summed E-state index contributed by atoms with van der Waals surface area (Å²) < 4.78 is 23.9. The first-order valence-corrected chi connectivity index (χ1v) is 5.70. The fourth-order valence-electron chi connectivity index (χ4n) is 0.749. The minimum Gasteiger partial charge on any atom is -0.396 e. The summed E-state index contributed by atoms with van der Waals surface area (Å²) in [5.74, 6) is 0.137. The Morgan fingerprint density at radius 1 is 1.33 bits per heavy atom. The Kier molecular flexibility index (Phi) is 5.44. The first-order chi connectivity index (χ1) is 5.54. The van der Waals surface area contributed by atoms with Crippen molar-refractivity contribution in [2.45, 2.75) is 19.8 Å². The maximum absolute atomic E-state index is 11.3. The Morgan fingerprint density at radius 3 is 2.33 bits per heavy atom. The zero-order valence-corrected chi connectivity index (χ0v) is 8.47. The zero-order chi connectivity index (χ0) is 9.61. The molecule has 0 spiro atoms. The highest BCUT2D eigenvalue weighted by molar-refractivity contribution is 7.89. The molecular weight excluding hydrogens is 178 g/mol. The predicted octanol–water partition coefficient (Wildman–Crippen LogP) is 0.0404. The van der Waals surface area contributed by atoms with Crippen LogP contribution in [0.2, 0.25) is 0 Å². The summed E-state index contributed by atoms with van der Waals surface area (Å²) in [6.07, 6.45) is 1.08. The molecule has 0 saturated carbocycles. The normalized spacial score (nSPS) is 12.3. The third-order valence-electron chi connectivity index (χ3n) is 1.73. The lowest BCUT2D eigenvalue weighted by Gasteiger charge is -2.13. The molecule has 0 radical (unpaired) electrons. The molecule has 0 heterocycles. The van der Waals surface area contributed by atoms with E-state index in [2.05, 4.69) is 0 Å². The van der Waals surface area contributed by atoms with E-state index in [4.69, 9.17) is 5.11 Å². The van der Waals surface area contributed by atoms with Gasteiger partial charge in [0.1, 0.15) is 0 Å². The van der Waals surface area contributed by atoms with Crippen molar-refractivity contribution in [1.29, 1.82) is 0 Å². The maximum Gasteiger partial charge on any atom is 0.213 e. The van der Waals surface area contributed by atoms with Crippen LogP contribution in [0, 0.1) is 0 Å². The van der Waals surface area contributed by atoms with Crippen molar-refractivity contribution in [3.8, 4) is 0 Å². The van der Waals surface area contributed by atoms with E-state index in [0.717, 1.165) is 0 Å². The molecule has 0 unspecified atom stereocenters. The molecule has 0 bridgehead atoms. The summed E-state index contributed by atoms with van der Waals surface area (Å²) in [5, 5.41) is 8.45. The molecule has 0 aliphatic rings. The van der Waals surface area contributed by atoms with Crippen LogP contribution in [0.4, 0.5) is 0 Å². The van der Waals surface area contributed by atoms with Crippen LogP contribution in [-0.2, 0) is 10.0 Å². The van der Waals surface area contributed by atoms with Gasteiger partial charge in [-0.15, -0.1) is 0 Å². The molecule has 4 nitrogen and oxygen atoms in total. The number of rotatable bonds is 6. The molecule has 0 atom stereocenters. The second-order valence-electron chi connectivity index (χ2n) is 2.66. The first-order valence-electron chi connectivity index (χ1n) is 4.09. The van der Waals surface area contributed by atoms with Crippen molar-refractivity contribution < 1.29 is 13.5 Å². The van der Waals surface area contributed by atoms with Crippen LogP contribution in [0.5, 0.6) is 0 Å². The molecular formula is C7H17NO3S. The highest BCUT2D eigenvalue weighted by Crippen LogP contribution is 2.01. The largest absolute Gasteiger partial charge is 0.396 e. The molecule has 0 aromatic carbocycles. The Balaban J connectivity index is 3.88. The van der Waals surface area contributed by atoms with Gasteiger partial charge in [-0.1, -0.05) is 6.92 Å².